The first-order chi connectivity index (χ1) is 9.89. The summed E-state index contributed by atoms with van der Waals surface area (Å²) in [5.41, 5.74) is 3.19. The summed E-state index contributed by atoms with van der Waals surface area (Å²) in [7, 11) is -3.33. The minimum absolute atomic E-state index is 0.00281. The fourth-order valence-electron chi connectivity index (χ4n) is 1.69. The second-order valence-electron chi connectivity index (χ2n) is 4.75. The molecule has 2 aromatic rings. The van der Waals surface area contributed by atoms with Crippen LogP contribution in [0.15, 0.2) is 30.3 Å². The minimum atomic E-state index is -3.33. The van der Waals surface area contributed by atoms with Crippen molar-refractivity contribution < 1.29 is 8.42 Å². The van der Waals surface area contributed by atoms with E-state index in [1.165, 1.54) is 0 Å². The summed E-state index contributed by atoms with van der Waals surface area (Å²) in [5.74, 6) is 0.767. The lowest BCUT2D eigenvalue weighted by molar-refractivity contribution is 0.602. The van der Waals surface area contributed by atoms with Gasteiger partial charge >= 0.3 is 0 Å². The molecule has 0 saturated carbocycles. The molecular formula is C14H18N4O2S. The molecule has 2 rings (SSSR count). The Morgan fingerprint density at radius 3 is 2.33 bits per heavy atom. The van der Waals surface area contributed by atoms with Crippen LogP contribution in [-0.2, 0) is 10.0 Å². The predicted molar refractivity (Wildman–Crippen MR) is 84.3 cm³/mol. The van der Waals surface area contributed by atoms with Crippen LogP contribution in [0.5, 0.6) is 0 Å². The third-order valence-electron chi connectivity index (χ3n) is 2.96. The number of rotatable bonds is 5. The monoisotopic (exact) mass is 306 g/mol. The van der Waals surface area contributed by atoms with Crippen LogP contribution in [0.2, 0.25) is 0 Å². The van der Waals surface area contributed by atoms with Gasteiger partial charge in [0.15, 0.2) is 11.6 Å². The molecule has 0 saturated heterocycles. The molecule has 0 atom stereocenters. The Bertz CT molecular complexity index is 727. The Labute approximate surface area is 124 Å². The third kappa shape index (κ3) is 4.16. The van der Waals surface area contributed by atoms with E-state index in [0.29, 0.717) is 5.82 Å². The second-order valence-corrected chi connectivity index (χ2v) is 6.76. The molecule has 1 aromatic heterocycles. The van der Waals surface area contributed by atoms with Gasteiger partial charge in [0.25, 0.3) is 0 Å². The number of nitrogens with zero attached hydrogens (tertiary/aromatic N) is 2. The molecule has 7 heteroatoms. The van der Waals surface area contributed by atoms with Crippen molar-refractivity contribution in [1.82, 2.24) is 10.2 Å². The maximum Gasteiger partial charge on any atom is 0.233 e. The first-order valence-corrected chi connectivity index (χ1v) is 8.23. The second kappa shape index (κ2) is 6.09. The van der Waals surface area contributed by atoms with E-state index in [4.69, 9.17) is 0 Å². The molecule has 0 fully saturated rings. The minimum Gasteiger partial charge on any atom is -0.339 e. The molecular weight excluding hydrogens is 288 g/mol. The number of hydrogen-bond acceptors (Lipinski definition) is 5. The van der Waals surface area contributed by atoms with E-state index in [1.807, 2.05) is 32.0 Å². The fourth-order valence-corrected chi connectivity index (χ4v) is 2.27. The topological polar surface area (TPSA) is 84.0 Å². The van der Waals surface area contributed by atoms with E-state index >= 15 is 0 Å². The van der Waals surface area contributed by atoms with Crippen LogP contribution in [0.1, 0.15) is 18.1 Å². The first kappa shape index (κ1) is 15.2. The van der Waals surface area contributed by atoms with Gasteiger partial charge in [-0.05, 0) is 50.1 Å². The summed E-state index contributed by atoms with van der Waals surface area (Å²) in [4.78, 5) is 0. The van der Waals surface area contributed by atoms with Gasteiger partial charge in [-0.15, -0.1) is 10.2 Å². The van der Waals surface area contributed by atoms with Gasteiger partial charge in [0.2, 0.25) is 10.0 Å². The van der Waals surface area contributed by atoms with Gasteiger partial charge in [-0.1, -0.05) is 12.1 Å². The number of anilines is 3. The van der Waals surface area contributed by atoms with Crippen molar-refractivity contribution in [3.8, 4) is 0 Å². The zero-order chi connectivity index (χ0) is 15.5. The van der Waals surface area contributed by atoms with Crippen LogP contribution >= 0.6 is 0 Å². The predicted octanol–water partition coefficient (Wildman–Crippen LogP) is 2.60. The van der Waals surface area contributed by atoms with E-state index in [2.05, 4.69) is 20.2 Å². The van der Waals surface area contributed by atoms with E-state index < -0.39 is 10.0 Å². The molecule has 0 spiro atoms. The Balaban J connectivity index is 2.14. The van der Waals surface area contributed by atoms with Gasteiger partial charge in [-0.3, -0.25) is 4.72 Å². The quantitative estimate of drug-likeness (QED) is 0.887. The molecule has 0 aliphatic heterocycles. The van der Waals surface area contributed by atoms with Crippen molar-refractivity contribution >= 4 is 27.3 Å². The molecule has 0 bridgehead atoms. The lowest BCUT2D eigenvalue weighted by Crippen LogP contribution is -2.15. The number of sulfonamides is 1. The van der Waals surface area contributed by atoms with Gasteiger partial charge in [0, 0.05) is 5.69 Å². The Morgan fingerprint density at radius 2 is 1.71 bits per heavy atom. The average molecular weight is 306 g/mol. The molecule has 0 radical (unpaired) electrons. The van der Waals surface area contributed by atoms with Gasteiger partial charge in [0.05, 0.1) is 5.75 Å². The summed E-state index contributed by atoms with van der Waals surface area (Å²) in [5, 5.41) is 11.0. The van der Waals surface area contributed by atoms with Crippen LogP contribution in [0.3, 0.4) is 0 Å². The molecule has 2 N–H and O–H groups in total. The van der Waals surface area contributed by atoms with E-state index in [9.17, 15) is 8.42 Å². The molecule has 0 aliphatic rings. The largest absolute Gasteiger partial charge is 0.339 e. The standard InChI is InChI=1S/C14H18N4O2S/c1-4-21(19,20)18-14-8-7-13(16-17-14)15-12-9-10(2)5-6-11(12)3/h5-9H,4H2,1-3H3,(H,15,16)(H,17,18). The Kier molecular flexibility index (Phi) is 4.42. The molecule has 0 aliphatic carbocycles. The smallest absolute Gasteiger partial charge is 0.233 e. The average Bonchev–Trinajstić information content (AvgIpc) is 2.45. The van der Waals surface area contributed by atoms with Gasteiger partial charge in [-0.2, -0.15) is 0 Å². The van der Waals surface area contributed by atoms with Crippen LogP contribution < -0.4 is 10.0 Å². The molecule has 1 heterocycles. The Hall–Kier alpha value is -2.15. The highest BCUT2D eigenvalue weighted by Crippen LogP contribution is 2.20. The van der Waals surface area contributed by atoms with Crippen LogP contribution in [-0.4, -0.2) is 24.4 Å². The van der Waals surface area contributed by atoms with Crippen LogP contribution in [0, 0.1) is 13.8 Å². The van der Waals surface area contributed by atoms with Gasteiger partial charge < -0.3 is 5.32 Å². The number of benzene rings is 1. The number of aromatic nitrogens is 2. The highest BCUT2D eigenvalue weighted by atomic mass is 32.2. The fraction of sp³-hybridized carbons (Fsp3) is 0.286. The third-order valence-corrected chi connectivity index (χ3v) is 4.24. The van der Waals surface area contributed by atoms with Crippen LogP contribution in [0.25, 0.3) is 0 Å². The number of nitrogens with one attached hydrogen (secondary N) is 2. The molecule has 0 amide bonds. The molecule has 0 unspecified atom stereocenters. The molecule has 1 aromatic carbocycles. The number of hydrogen-bond donors (Lipinski definition) is 2. The SMILES string of the molecule is CCS(=O)(=O)Nc1ccc(Nc2cc(C)ccc2C)nn1. The Morgan fingerprint density at radius 1 is 1.05 bits per heavy atom. The molecule has 112 valence electrons. The summed E-state index contributed by atoms with van der Waals surface area (Å²) >= 11 is 0. The van der Waals surface area contributed by atoms with Crippen molar-refractivity contribution in [2.24, 2.45) is 0 Å². The van der Waals surface area contributed by atoms with E-state index in [-0.39, 0.29) is 11.6 Å². The van der Waals surface area contributed by atoms with Crippen molar-refractivity contribution in [1.29, 1.82) is 0 Å². The zero-order valence-corrected chi connectivity index (χ0v) is 13.0. The van der Waals surface area contributed by atoms with Crippen molar-refractivity contribution in [2.45, 2.75) is 20.8 Å². The van der Waals surface area contributed by atoms with Crippen LogP contribution in [0.4, 0.5) is 17.3 Å². The van der Waals surface area contributed by atoms with Crippen molar-refractivity contribution in [3.63, 3.8) is 0 Å². The zero-order valence-electron chi connectivity index (χ0n) is 12.2. The molecule has 21 heavy (non-hydrogen) atoms. The number of aryl methyl sites for hydroxylation is 2. The van der Waals surface area contributed by atoms with Gasteiger partial charge in [-0.25, -0.2) is 8.42 Å². The summed E-state index contributed by atoms with van der Waals surface area (Å²) < 4.78 is 25.2. The van der Waals surface area contributed by atoms with E-state index in [1.54, 1.807) is 19.1 Å². The lowest BCUT2D eigenvalue weighted by atomic mass is 10.1. The maximum atomic E-state index is 11.4. The first-order valence-electron chi connectivity index (χ1n) is 6.58. The van der Waals surface area contributed by atoms with Crippen molar-refractivity contribution in [2.75, 3.05) is 15.8 Å². The highest BCUT2D eigenvalue weighted by molar-refractivity contribution is 7.92. The maximum absolute atomic E-state index is 11.4. The summed E-state index contributed by atoms with van der Waals surface area (Å²) in [6.07, 6.45) is 0. The molecule has 6 nitrogen and oxygen atoms in total. The van der Waals surface area contributed by atoms with Crippen molar-refractivity contribution in [3.05, 3.63) is 41.5 Å². The lowest BCUT2D eigenvalue weighted by Gasteiger charge is -2.10. The normalized spacial score (nSPS) is 11.2. The highest BCUT2D eigenvalue weighted by Gasteiger charge is 2.08. The summed E-state index contributed by atoms with van der Waals surface area (Å²) in [6.45, 7) is 5.57. The van der Waals surface area contributed by atoms with Gasteiger partial charge in [0.1, 0.15) is 0 Å². The summed E-state index contributed by atoms with van der Waals surface area (Å²) in [6, 6.07) is 9.34. The van der Waals surface area contributed by atoms with E-state index in [0.717, 1.165) is 16.8 Å².